The average molecular weight is 290 g/mol. The Labute approximate surface area is 118 Å². The van der Waals surface area contributed by atoms with E-state index >= 15 is 0 Å². The molecule has 1 N–H and O–H groups in total. The molecule has 3 heterocycles. The molecule has 0 saturated heterocycles. The van der Waals surface area contributed by atoms with Crippen molar-refractivity contribution in [2.24, 2.45) is 10.3 Å². The molecule has 1 aromatic rings. The summed E-state index contributed by atoms with van der Waals surface area (Å²) >= 11 is 3.52. The van der Waals surface area contributed by atoms with Gasteiger partial charge in [-0.15, -0.1) is 16.9 Å². The number of rotatable bonds is 1. The van der Waals surface area contributed by atoms with Crippen LogP contribution in [-0.4, -0.2) is 12.9 Å². The molecule has 4 rings (SSSR count). The Bertz CT molecular complexity index is 653. The van der Waals surface area contributed by atoms with Crippen molar-refractivity contribution in [1.82, 2.24) is 5.53 Å². The molecule has 5 nitrogen and oxygen atoms in total. The summed E-state index contributed by atoms with van der Waals surface area (Å²) in [6.45, 7) is 0. The first kappa shape index (κ1) is 11.2. The number of nitrogens with one attached hydrogen (secondary N) is 1. The Balaban J connectivity index is 1.96. The van der Waals surface area contributed by atoms with Crippen molar-refractivity contribution in [3.05, 3.63) is 39.9 Å². The summed E-state index contributed by atoms with van der Waals surface area (Å²) < 4.78 is 5.48. The largest absolute Gasteiger partial charge is 0.495 e. The quantitative estimate of drug-likeness (QED) is 0.860. The van der Waals surface area contributed by atoms with Gasteiger partial charge in [0.2, 0.25) is 0 Å². The lowest BCUT2D eigenvalue weighted by atomic mass is 10.3. The monoisotopic (exact) mass is 290 g/mol. The normalized spacial score (nSPS) is 19.4. The predicted molar refractivity (Wildman–Crippen MR) is 76.9 cm³/mol. The highest BCUT2D eigenvalue weighted by Gasteiger charge is 2.33. The molecule has 0 saturated carbocycles. The van der Waals surface area contributed by atoms with Crippen LogP contribution in [0, 0.1) is 0 Å². The topological polar surface area (TPSA) is 49.2 Å². The molecule has 0 aliphatic carbocycles. The van der Waals surface area contributed by atoms with Crippen molar-refractivity contribution in [2.75, 3.05) is 17.9 Å². The second-order valence-corrected chi connectivity index (χ2v) is 6.16. The number of ether oxygens (including phenoxy) is 1. The maximum atomic E-state index is 5.48. The first-order valence-electron chi connectivity index (χ1n) is 5.77. The number of thioether (sulfide) groups is 2. The van der Waals surface area contributed by atoms with Crippen LogP contribution in [0.3, 0.4) is 0 Å². The van der Waals surface area contributed by atoms with Crippen LogP contribution in [0.25, 0.3) is 0 Å². The number of nitrogens with zero attached hydrogens (tertiary/aromatic N) is 3. The minimum absolute atomic E-state index is 0.869. The number of fused-ring (bicyclic) bond motifs is 4. The SMILES string of the molecule is COc1cccc2c1SC1=CCSC1=C1N=NNN12. The van der Waals surface area contributed by atoms with Gasteiger partial charge in [0.1, 0.15) is 5.75 Å². The molecular formula is C12H10N4OS2. The lowest BCUT2D eigenvalue weighted by Crippen LogP contribution is -2.28. The van der Waals surface area contributed by atoms with Crippen molar-refractivity contribution in [2.45, 2.75) is 4.90 Å². The lowest BCUT2D eigenvalue weighted by molar-refractivity contribution is 0.405. The molecule has 1 aromatic carbocycles. The van der Waals surface area contributed by atoms with E-state index in [2.05, 4.69) is 21.9 Å². The van der Waals surface area contributed by atoms with Crippen LogP contribution in [0.15, 0.2) is 55.1 Å². The second kappa shape index (κ2) is 4.21. The smallest absolute Gasteiger partial charge is 0.192 e. The van der Waals surface area contributed by atoms with Crippen molar-refractivity contribution in [3.8, 4) is 5.75 Å². The Morgan fingerprint density at radius 3 is 3.26 bits per heavy atom. The molecule has 0 radical (unpaired) electrons. The lowest BCUT2D eigenvalue weighted by Gasteiger charge is -2.19. The standard InChI is InChI=1S/C12H10N4OS2/c1-17-8-4-2-3-7-10(8)19-9-5-6-18-11(9)12-13-14-15-16(7)12/h2-5H,6H2,1H3,(H,13,15). The molecule has 0 atom stereocenters. The van der Waals surface area contributed by atoms with E-state index in [4.69, 9.17) is 4.74 Å². The van der Waals surface area contributed by atoms with Crippen LogP contribution in [0.4, 0.5) is 5.69 Å². The van der Waals surface area contributed by atoms with Gasteiger partial charge in [-0.25, -0.2) is 5.01 Å². The Hall–Kier alpha value is -1.60. The molecule has 3 aliphatic heterocycles. The fourth-order valence-corrected chi connectivity index (χ4v) is 4.60. The molecule has 96 valence electrons. The van der Waals surface area contributed by atoms with Gasteiger partial charge in [0, 0.05) is 10.7 Å². The Morgan fingerprint density at radius 2 is 2.37 bits per heavy atom. The zero-order chi connectivity index (χ0) is 12.8. The van der Waals surface area contributed by atoms with Gasteiger partial charge in [0.05, 0.1) is 22.6 Å². The highest BCUT2D eigenvalue weighted by molar-refractivity contribution is 8.09. The average Bonchev–Trinajstić information content (AvgIpc) is 3.05. The van der Waals surface area contributed by atoms with Crippen LogP contribution < -0.4 is 15.3 Å². The van der Waals surface area contributed by atoms with E-state index in [-0.39, 0.29) is 0 Å². The van der Waals surface area contributed by atoms with Crippen LogP contribution in [0.5, 0.6) is 5.75 Å². The van der Waals surface area contributed by atoms with E-state index in [1.165, 1.54) is 9.81 Å². The van der Waals surface area contributed by atoms with Gasteiger partial charge in [-0.3, -0.25) is 0 Å². The van der Waals surface area contributed by atoms with E-state index in [1.54, 1.807) is 30.6 Å². The van der Waals surface area contributed by atoms with E-state index < -0.39 is 0 Å². The van der Waals surface area contributed by atoms with Gasteiger partial charge in [-0.1, -0.05) is 29.1 Å². The summed E-state index contributed by atoms with van der Waals surface area (Å²) in [5.41, 5.74) is 3.96. The highest BCUT2D eigenvalue weighted by Crippen LogP contribution is 2.53. The summed E-state index contributed by atoms with van der Waals surface area (Å²) in [6.07, 6.45) is 2.23. The summed E-state index contributed by atoms with van der Waals surface area (Å²) in [4.78, 5) is 3.50. The molecule has 19 heavy (non-hydrogen) atoms. The van der Waals surface area contributed by atoms with Crippen molar-refractivity contribution < 1.29 is 4.74 Å². The number of hydrogen-bond donors (Lipinski definition) is 1. The van der Waals surface area contributed by atoms with Gasteiger partial charge in [-0.05, 0) is 12.1 Å². The molecular weight excluding hydrogens is 280 g/mol. The van der Waals surface area contributed by atoms with E-state index in [9.17, 15) is 0 Å². The maximum absolute atomic E-state index is 5.48. The second-order valence-electron chi connectivity index (χ2n) is 4.08. The van der Waals surface area contributed by atoms with E-state index in [1.807, 2.05) is 23.2 Å². The summed E-state index contributed by atoms with van der Waals surface area (Å²) in [6, 6.07) is 5.99. The summed E-state index contributed by atoms with van der Waals surface area (Å²) in [5, 5.41) is 10.1. The number of hydrogen-bond acceptors (Lipinski definition) is 7. The van der Waals surface area contributed by atoms with Crippen LogP contribution >= 0.6 is 23.5 Å². The number of hydrazine groups is 1. The third-order valence-electron chi connectivity index (χ3n) is 3.06. The maximum Gasteiger partial charge on any atom is 0.192 e. The molecule has 0 unspecified atom stereocenters. The molecule has 0 spiro atoms. The fourth-order valence-electron chi connectivity index (χ4n) is 2.20. The number of methoxy groups -OCH3 is 1. The highest BCUT2D eigenvalue weighted by atomic mass is 32.2. The van der Waals surface area contributed by atoms with Crippen LogP contribution in [0.1, 0.15) is 0 Å². The van der Waals surface area contributed by atoms with Crippen LogP contribution in [-0.2, 0) is 0 Å². The molecule has 0 bridgehead atoms. The number of anilines is 1. The van der Waals surface area contributed by atoms with E-state index in [0.717, 1.165) is 27.9 Å². The van der Waals surface area contributed by atoms with Gasteiger partial charge in [0.25, 0.3) is 0 Å². The van der Waals surface area contributed by atoms with Crippen LogP contribution in [0.2, 0.25) is 0 Å². The van der Waals surface area contributed by atoms with Gasteiger partial charge >= 0.3 is 0 Å². The van der Waals surface area contributed by atoms with Gasteiger partial charge in [0.15, 0.2) is 5.82 Å². The van der Waals surface area contributed by atoms with Crippen molar-refractivity contribution in [1.29, 1.82) is 0 Å². The van der Waals surface area contributed by atoms with Crippen molar-refractivity contribution >= 4 is 29.2 Å². The Morgan fingerprint density at radius 1 is 1.42 bits per heavy atom. The molecule has 0 fully saturated rings. The predicted octanol–water partition coefficient (Wildman–Crippen LogP) is 3.29. The number of benzene rings is 1. The zero-order valence-electron chi connectivity index (χ0n) is 10.1. The van der Waals surface area contributed by atoms with E-state index in [0.29, 0.717) is 0 Å². The first-order valence-corrected chi connectivity index (χ1v) is 7.57. The molecule has 7 heteroatoms. The van der Waals surface area contributed by atoms with Gasteiger partial charge in [-0.2, -0.15) is 5.53 Å². The van der Waals surface area contributed by atoms with Gasteiger partial charge < -0.3 is 4.74 Å². The first-order chi connectivity index (χ1) is 9.38. The minimum Gasteiger partial charge on any atom is -0.495 e. The minimum atomic E-state index is 0.869. The third-order valence-corrected chi connectivity index (χ3v) is 5.41. The van der Waals surface area contributed by atoms with Crippen molar-refractivity contribution in [3.63, 3.8) is 0 Å². The molecule has 0 aromatic heterocycles. The fraction of sp³-hybridized carbons (Fsp3) is 0.167. The zero-order valence-corrected chi connectivity index (χ0v) is 11.7. The molecule has 0 amide bonds. The summed E-state index contributed by atoms with van der Waals surface area (Å²) in [7, 11) is 1.69. The third kappa shape index (κ3) is 1.58. The Kier molecular flexibility index (Phi) is 2.49. The summed E-state index contributed by atoms with van der Waals surface area (Å²) in [5.74, 6) is 2.72. The molecule has 3 aliphatic rings.